The molecule has 2 N–H and O–H groups in total. The van der Waals surface area contributed by atoms with Gasteiger partial charge in [-0.05, 0) is 37.1 Å². The summed E-state index contributed by atoms with van der Waals surface area (Å²) in [5.41, 5.74) is 1.28. The smallest absolute Gasteiger partial charge is 0.251 e. The standard InChI is InChI=1S/C13H15ClN2O2/c14-8-7-12(17)15-10-3-1-9(2-4-10)13(18)16-11-5-6-11/h1-4,11H,5-8H2,(H,15,17)(H,16,18). The van der Waals surface area contributed by atoms with Crippen molar-refractivity contribution in [3.05, 3.63) is 29.8 Å². The van der Waals surface area contributed by atoms with Crippen LogP contribution in [0.4, 0.5) is 5.69 Å². The first-order chi connectivity index (χ1) is 8.69. The zero-order valence-corrected chi connectivity index (χ0v) is 10.7. The molecule has 0 saturated heterocycles. The largest absolute Gasteiger partial charge is 0.349 e. The van der Waals surface area contributed by atoms with E-state index in [0.29, 0.717) is 23.2 Å². The van der Waals surface area contributed by atoms with E-state index >= 15 is 0 Å². The van der Waals surface area contributed by atoms with Crippen molar-refractivity contribution in [3.63, 3.8) is 0 Å². The van der Waals surface area contributed by atoms with E-state index in [-0.39, 0.29) is 18.2 Å². The summed E-state index contributed by atoms with van der Waals surface area (Å²) < 4.78 is 0. The summed E-state index contributed by atoms with van der Waals surface area (Å²) in [4.78, 5) is 23.0. The number of carbonyl (C=O) groups excluding carboxylic acids is 2. The van der Waals surface area contributed by atoms with Crippen molar-refractivity contribution in [2.24, 2.45) is 0 Å². The van der Waals surface area contributed by atoms with Crippen LogP contribution < -0.4 is 10.6 Å². The lowest BCUT2D eigenvalue weighted by molar-refractivity contribution is -0.115. The lowest BCUT2D eigenvalue weighted by Gasteiger charge is -2.06. The first-order valence-corrected chi connectivity index (χ1v) is 6.49. The highest BCUT2D eigenvalue weighted by Gasteiger charge is 2.23. The summed E-state index contributed by atoms with van der Waals surface area (Å²) in [5.74, 6) is 0.115. The summed E-state index contributed by atoms with van der Waals surface area (Å²) in [5, 5.41) is 5.61. The molecule has 1 aromatic carbocycles. The van der Waals surface area contributed by atoms with Crippen LogP contribution in [0, 0.1) is 0 Å². The average molecular weight is 267 g/mol. The third kappa shape index (κ3) is 3.74. The fraction of sp³-hybridized carbons (Fsp3) is 0.385. The number of rotatable bonds is 5. The maximum atomic E-state index is 11.7. The van der Waals surface area contributed by atoms with Crippen molar-refractivity contribution in [1.29, 1.82) is 0 Å². The Morgan fingerprint density at radius 3 is 2.44 bits per heavy atom. The monoisotopic (exact) mass is 266 g/mol. The molecule has 96 valence electrons. The Balaban J connectivity index is 1.91. The van der Waals surface area contributed by atoms with Crippen LogP contribution >= 0.6 is 11.6 Å². The molecule has 0 heterocycles. The van der Waals surface area contributed by atoms with E-state index in [1.165, 1.54) is 0 Å². The van der Waals surface area contributed by atoms with Gasteiger partial charge in [0.25, 0.3) is 5.91 Å². The SMILES string of the molecule is O=C(CCCl)Nc1ccc(C(=O)NC2CC2)cc1. The number of hydrogen-bond donors (Lipinski definition) is 2. The van der Waals surface area contributed by atoms with Crippen molar-refractivity contribution in [1.82, 2.24) is 5.32 Å². The van der Waals surface area contributed by atoms with E-state index < -0.39 is 0 Å². The molecule has 0 radical (unpaired) electrons. The quantitative estimate of drug-likeness (QED) is 0.803. The highest BCUT2D eigenvalue weighted by molar-refractivity contribution is 6.19. The molecular weight excluding hydrogens is 252 g/mol. The molecule has 0 aliphatic heterocycles. The minimum atomic E-state index is -0.125. The molecule has 0 aromatic heterocycles. The van der Waals surface area contributed by atoms with E-state index in [0.717, 1.165) is 12.8 Å². The van der Waals surface area contributed by atoms with Crippen LogP contribution in [0.5, 0.6) is 0 Å². The summed E-state index contributed by atoms with van der Waals surface area (Å²) in [6.45, 7) is 0. The van der Waals surface area contributed by atoms with Crippen molar-refractivity contribution >= 4 is 29.1 Å². The molecule has 0 unspecified atom stereocenters. The predicted octanol–water partition coefficient (Wildman–Crippen LogP) is 2.15. The van der Waals surface area contributed by atoms with Gasteiger partial charge in [-0.1, -0.05) is 0 Å². The molecule has 1 aromatic rings. The van der Waals surface area contributed by atoms with Gasteiger partial charge in [-0.2, -0.15) is 0 Å². The summed E-state index contributed by atoms with van der Waals surface area (Å²) in [6, 6.07) is 7.19. The van der Waals surface area contributed by atoms with Gasteiger partial charge < -0.3 is 10.6 Å². The zero-order chi connectivity index (χ0) is 13.0. The third-order valence-corrected chi connectivity index (χ3v) is 2.85. The molecule has 0 spiro atoms. The molecule has 1 saturated carbocycles. The number of nitrogens with one attached hydrogen (secondary N) is 2. The van der Waals surface area contributed by atoms with Gasteiger partial charge in [-0.15, -0.1) is 11.6 Å². The normalized spacial score (nSPS) is 14.1. The van der Waals surface area contributed by atoms with E-state index in [4.69, 9.17) is 11.6 Å². The summed E-state index contributed by atoms with van der Waals surface area (Å²) in [7, 11) is 0. The van der Waals surface area contributed by atoms with Crippen molar-refractivity contribution in [3.8, 4) is 0 Å². The predicted molar refractivity (Wildman–Crippen MR) is 70.9 cm³/mol. The highest BCUT2D eigenvalue weighted by atomic mass is 35.5. The minimum Gasteiger partial charge on any atom is -0.349 e. The van der Waals surface area contributed by atoms with Gasteiger partial charge in [0.2, 0.25) is 5.91 Å². The first-order valence-electron chi connectivity index (χ1n) is 5.96. The maximum Gasteiger partial charge on any atom is 0.251 e. The van der Waals surface area contributed by atoms with Crippen LogP contribution in [0.3, 0.4) is 0 Å². The van der Waals surface area contributed by atoms with Gasteiger partial charge in [0.05, 0.1) is 0 Å². The Hall–Kier alpha value is -1.55. The van der Waals surface area contributed by atoms with Gasteiger partial charge >= 0.3 is 0 Å². The molecule has 1 aliphatic rings. The fourth-order valence-corrected chi connectivity index (χ4v) is 1.68. The number of carbonyl (C=O) groups is 2. The highest BCUT2D eigenvalue weighted by Crippen LogP contribution is 2.19. The number of halogens is 1. The topological polar surface area (TPSA) is 58.2 Å². The van der Waals surface area contributed by atoms with E-state index in [1.54, 1.807) is 24.3 Å². The number of hydrogen-bond acceptors (Lipinski definition) is 2. The molecule has 2 rings (SSSR count). The van der Waals surface area contributed by atoms with Crippen LogP contribution in [0.1, 0.15) is 29.6 Å². The lowest BCUT2D eigenvalue weighted by Crippen LogP contribution is -2.25. The Kier molecular flexibility index (Phi) is 4.20. The van der Waals surface area contributed by atoms with Crippen molar-refractivity contribution in [2.75, 3.05) is 11.2 Å². The van der Waals surface area contributed by atoms with E-state index in [9.17, 15) is 9.59 Å². The molecule has 0 atom stereocenters. The number of alkyl halides is 1. The second kappa shape index (κ2) is 5.87. The van der Waals surface area contributed by atoms with Crippen molar-refractivity contribution < 1.29 is 9.59 Å². The maximum absolute atomic E-state index is 11.7. The van der Waals surface area contributed by atoms with Crippen LogP contribution in [-0.2, 0) is 4.79 Å². The number of amides is 2. The van der Waals surface area contributed by atoms with Gasteiger partial charge in [-0.25, -0.2) is 0 Å². The Labute approximate surface area is 111 Å². The van der Waals surface area contributed by atoms with E-state index in [2.05, 4.69) is 10.6 Å². The van der Waals surface area contributed by atoms with Crippen LogP contribution in [0.2, 0.25) is 0 Å². The molecule has 5 heteroatoms. The summed E-state index contributed by atoms with van der Waals surface area (Å²) in [6.07, 6.45) is 2.42. The molecule has 0 bridgehead atoms. The van der Waals surface area contributed by atoms with Gasteiger partial charge in [0.15, 0.2) is 0 Å². The van der Waals surface area contributed by atoms with Crippen LogP contribution in [0.25, 0.3) is 0 Å². The van der Waals surface area contributed by atoms with E-state index in [1.807, 2.05) is 0 Å². The lowest BCUT2D eigenvalue weighted by atomic mass is 10.2. The Morgan fingerprint density at radius 2 is 1.89 bits per heavy atom. The minimum absolute atomic E-state index is 0.0591. The average Bonchev–Trinajstić information content (AvgIpc) is 3.14. The first kappa shape index (κ1) is 12.9. The van der Waals surface area contributed by atoms with Crippen LogP contribution in [0.15, 0.2) is 24.3 Å². The molecular formula is C13H15ClN2O2. The zero-order valence-electron chi connectivity index (χ0n) is 9.91. The number of anilines is 1. The van der Waals surface area contributed by atoms with Gasteiger partial charge in [-0.3, -0.25) is 9.59 Å². The summed E-state index contributed by atoms with van der Waals surface area (Å²) >= 11 is 5.47. The molecule has 18 heavy (non-hydrogen) atoms. The molecule has 1 fully saturated rings. The third-order valence-electron chi connectivity index (χ3n) is 2.66. The van der Waals surface area contributed by atoms with Crippen LogP contribution in [-0.4, -0.2) is 23.7 Å². The number of benzene rings is 1. The fourth-order valence-electron chi connectivity index (χ4n) is 1.51. The Morgan fingerprint density at radius 1 is 1.22 bits per heavy atom. The Bertz CT molecular complexity index is 441. The second-order valence-electron chi connectivity index (χ2n) is 4.31. The van der Waals surface area contributed by atoms with Gasteiger partial charge in [0.1, 0.15) is 0 Å². The molecule has 2 amide bonds. The second-order valence-corrected chi connectivity index (χ2v) is 4.69. The molecule has 1 aliphatic carbocycles. The molecule has 4 nitrogen and oxygen atoms in total. The van der Waals surface area contributed by atoms with Crippen molar-refractivity contribution in [2.45, 2.75) is 25.3 Å². The van der Waals surface area contributed by atoms with Gasteiger partial charge in [0, 0.05) is 29.6 Å².